The standard InChI is InChI=1S/C7H13NO4S/c1-13-4-6(10)8-3-2-5(9)7(11)12/h5,9H,2-4H2,1H3,(H,8,10)(H,11,12)/t5-/m0/s1. The molecule has 0 spiro atoms. The molecule has 3 N–H and O–H groups in total. The van der Waals surface area contributed by atoms with Gasteiger partial charge in [0.1, 0.15) is 0 Å². The molecule has 1 amide bonds. The summed E-state index contributed by atoms with van der Waals surface area (Å²) >= 11 is 1.38. The molecule has 1 atom stereocenters. The highest BCUT2D eigenvalue weighted by Gasteiger charge is 2.12. The van der Waals surface area contributed by atoms with Gasteiger partial charge in [0.2, 0.25) is 5.91 Å². The van der Waals surface area contributed by atoms with E-state index in [-0.39, 0.29) is 18.9 Å². The van der Waals surface area contributed by atoms with Crippen molar-refractivity contribution < 1.29 is 19.8 Å². The fourth-order valence-electron chi connectivity index (χ4n) is 0.654. The van der Waals surface area contributed by atoms with Crippen molar-refractivity contribution in [3.8, 4) is 0 Å². The lowest BCUT2D eigenvalue weighted by Crippen LogP contribution is -2.30. The van der Waals surface area contributed by atoms with E-state index in [1.54, 1.807) is 6.26 Å². The minimum atomic E-state index is -1.39. The Kier molecular flexibility index (Phi) is 6.34. The predicted octanol–water partition coefficient (Wildman–Crippen LogP) is -0.699. The monoisotopic (exact) mass is 207 g/mol. The van der Waals surface area contributed by atoms with Gasteiger partial charge in [-0.2, -0.15) is 11.8 Å². The summed E-state index contributed by atoms with van der Waals surface area (Å²) in [5, 5.41) is 19.6. The molecule has 6 heteroatoms. The van der Waals surface area contributed by atoms with Crippen LogP contribution in [0, 0.1) is 0 Å². The zero-order chi connectivity index (χ0) is 10.3. The van der Waals surface area contributed by atoms with E-state index in [0.717, 1.165) is 0 Å². The first-order valence-electron chi connectivity index (χ1n) is 3.74. The number of thioether (sulfide) groups is 1. The topological polar surface area (TPSA) is 86.6 Å². The molecular weight excluding hydrogens is 194 g/mol. The van der Waals surface area contributed by atoms with Gasteiger partial charge in [-0.05, 0) is 6.26 Å². The van der Waals surface area contributed by atoms with Crippen molar-refractivity contribution >= 4 is 23.6 Å². The third-order valence-electron chi connectivity index (χ3n) is 1.30. The van der Waals surface area contributed by atoms with Gasteiger partial charge in [-0.15, -0.1) is 0 Å². The smallest absolute Gasteiger partial charge is 0.332 e. The molecule has 0 heterocycles. The van der Waals surface area contributed by atoms with Gasteiger partial charge in [0, 0.05) is 13.0 Å². The van der Waals surface area contributed by atoms with E-state index in [0.29, 0.717) is 5.75 Å². The molecule has 13 heavy (non-hydrogen) atoms. The number of hydrogen-bond acceptors (Lipinski definition) is 4. The second-order valence-corrected chi connectivity index (χ2v) is 3.29. The fourth-order valence-corrected chi connectivity index (χ4v) is 1.02. The maximum absolute atomic E-state index is 10.8. The fraction of sp³-hybridized carbons (Fsp3) is 0.714. The van der Waals surface area contributed by atoms with Crippen LogP contribution in [0.1, 0.15) is 6.42 Å². The van der Waals surface area contributed by atoms with Gasteiger partial charge in [-0.3, -0.25) is 4.79 Å². The van der Waals surface area contributed by atoms with Gasteiger partial charge in [0.25, 0.3) is 0 Å². The minimum Gasteiger partial charge on any atom is -0.479 e. The van der Waals surface area contributed by atoms with E-state index in [9.17, 15) is 9.59 Å². The van der Waals surface area contributed by atoms with Gasteiger partial charge >= 0.3 is 5.97 Å². The molecule has 0 aliphatic rings. The molecule has 0 fully saturated rings. The summed E-state index contributed by atoms with van der Waals surface area (Å²) < 4.78 is 0. The van der Waals surface area contributed by atoms with Gasteiger partial charge in [0.15, 0.2) is 6.10 Å². The van der Waals surface area contributed by atoms with E-state index in [4.69, 9.17) is 10.2 Å². The van der Waals surface area contributed by atoms with Gasteiger partial charge in [-0.1, -0.05) is 0 Å². The number of aliphatic hydroxyl groups excluding tert-OH is 1. The quantitative estimate of drug-likeness (QED) is 0.536. The van der Waals surface area contributed by atoms with E-state index >= 15 is 0 Å². The number of carboxylic acids is 1. The van der Waals surface area contributed by atoms with Crippen molar-refractivity contribution in [2.45, 2.75) is 12.5 Å². The van der Waals surface area contributed by atoms with Gasteiger partial charge in [0.05, 0.1) is 5.75 Å². The first kappa shape index (κ1) is 12.2. The molecular formula is C7H13NO4S. The molecule has 0 saturated heterocycles. The number of carbonyl (C=O) groups is 2. The highest BCUT2D eigenvalue weighted by molar-refractivity contribution is 7.99. The van der Waals surface area contributed by atoms with E-state index < -0.39 is 12.1 Å². The number of rotatable bonds is 6. The summed E-state index contributed by atoms with van der Waals surface area (Å²) in [7, 11) is 0. The maximum atomic E-state index is 10.8. The molecule has 0 aromatic heterocycles. The number of aliphatic hydroxyl groups is 1. The molecule has 0 saturated carbocycles. The molecule has 5 nitrogen and oxygen atoms in total. The van der Waals surface area contributed by atoms with Crippen LogP contribution < -0.4 is 5.32 Å². The number of aliphatic carboxylic acids is 1. The number of carboxylic acid groups (broad SMARTS) is 1. The normalized spacial score (nSPS) is 12.2. The Morgan fingerprint density at radius 3 is 2.62 bits per heavy atom. The van der Waals surface area contributed by atoms with E-state index in [1.165, 1.54) is 11.8 Å². The summed E-state index contributed by atoms with van der Waals surface area (Å²) in [6, 6.07) is 0. The number of carbonyl (C=O) groups excluding carboxylic acids is 1. The molecule has 0 aliphatic carbocycles. The van der Waals surface area contributed by atoms with E-state index in [2.05, 4.69) is 5.32 Å². The van der Waals surface area contributed by atoms with Gasteiger partial charge in [-0.25, -0.2) is 4.79 Å². The molecule has 0 unspecified atom stereocenters. The van der Waals surface area contributed by atoms with Crippen LogP contribution >= 0.6 is 11.8 Å². The van der Waals surface area contributed by atoms with Crippen LogP contribution in [0.4, 0.5) is 0 Å². The summed E-state index contributed by atoms with van der Waals surface area (Å²) in [6.07, 6.45) is 0.441. The zero-order valence-electron chi connectivity index (χ0n) is 7.32. The van der Waals surface area contributed by atoms with Crippen molar-refractivity contribution in [1.82, 2.24) is 5.32 Å². The van der Waals surface area contributed by atoms with Crippen LogP contribution in [0.3, 0.4) is 0 Å². The molecule has 0 bridgehead atoms. The summed E-state index contributed by atoms with van der Waals surface area (Å²) in [6.45, 7) is 0.187. The second kappa shape index (κ2) is 6.73. The summed E-state index contributed by atoms with van der Waals surface area (Å²) in [5.41, 5.74) is 0. The van der Waals surface area contributed by atoms with Crippen molar-refractivity contribution in [3.05, 3.63) is 0 Å². The Morgan fingerprint density at radius 1 is 1.54 bits per heavy atom. The first-order chi connectivity index (χ1) is 6.07. The lowest BCUT2D eigenvalue weighted by molar-refractivity contribution is -0.147. The average Bonchev–Trinajstić information content (AvgIpc) is 2.04. The van der Waals surface area contributed by atoms with Crippen LogP contribution in [-0.4, -0.2) is 46.7 Å². The minimum absolute atomic E-state index is 0.0372. The van der Waals surface area contributed by atoms with Crippen molar-refractivity contribution in [1.29, 1.82) is 0 Å². The zero-order valence-corrected chi connectivity index (χ0v) is 8.13. The second-order valence-electron chi connectivity index (χ2n) is 2.43. The first-order valence-corrected chi connectivity index (χ1v) is 5.13. The van der Waals surface area contributed by atoms with Crippen molar-refractivity contribution in [2.75, 3.05) is 18.6 Å². The SMILES string of the molecule is CSCC(=O)NCC[C@H](O)C(=O)O. The summed E-state index contributed by atoms with van der Waals surface area (Å²) in [5.74, 6) is -1.06. The number of nitrogens with one attached hydrogen (secondary N) is 1. The van der Waals surface area contributed by atoms with Crippen LogP contribution in [0.15, 0.2) is 0 Å². The Labute approximate surface area is 80.5 Å². The Hall–Kier alpha value is -0.750. The number of hydrogen-bond donors (Lipinski definition) is 3. The lowest BCUT2D eigenvalue weighted by atomic mass is 10.2. The molecule has 76 valence electrons. The van der Waals surface area contributed by atoms with Crippen LogP contribution in [-0.2, 0) is 9.59 Å². The third kappa shape index (κ3) is 6.41. The molecule has 0 aromatic carbocycles. The summed E-state index contributed by atoms with van der Waals surface area (Å²) in [4.78, 5) is 21.0. The van der Waals surface area contributed by atoms with Gasteiger partial charge < -0.3 is 15.5 Å². The molecule has 0 aliphatic heterocycles. The van der Waals surface area contributed by atoms with Crippen molar-refractivity contribution in [3.63, 3.8) is 0 Å². The Morgan fingerprint density at radius 2 is 2.15 bits per heavy atom. The highest BCUT2D eigenvalue weighted by Crippen LogP contribution is 1.92. The number of amides is 1. The molecule has 0 radical (unpaired) electrons. The Bertz CT molecular complexity index is 185. The highest BCUT2D eigenvalue weighted by atomic mass is 32.2. The average molecular weight is 207 g/mol. The van der Waals surface area contributed by atoms with Crippen LogP contribution in [0.5, 0.6) is 0 Å². The van der Waals surface area contributed by atoms with E-state index in [1.807, 2.05) is 0 Å². The van der Waals surface area contributed by atoms with Crippen molar-refractivity contribution in [2.24, 2.45) is 0 Å². The lowest BCUT2D eigenvalue weighted by Gasteiger charge is -2.06. The predicted molar refractivity (Wildman–Crippen MR) is 49.7 cm³/mol. The maximum Gasteiger partial charge on any atom is 0.332 e. The van der Waals surface area contributed by atoms with Crippen LogP contribution in [0.2, 0.25) is 0 Å². The third-order valence-corrected chi connectivity index (χ3v) is 1.85. The largest absolute Gasteiger partial charge is 0.479 e. The molecule has 0 aromatic rings. The van der Waals surface area contributed by atoms with Crippen LogP contribution in [0.25, 0.3) is 0 Å². The Balaban J connectivity index is 3.44. The molecule has 0 rings (SSSR count).